The molecule has 0 bridgehead atoms. The highest BCUT2D eigenvalue weighted by molar-refractivity contribution is 7.12. The summed E-state index contributed by atoms with van der Waals surface area (Å²) in [6.45, 7) is 2.70. The van der Waals surface area contributed by atoms with Crippen molar-refractivity contribution in [1.29, 1.82) is 0 Å². The van der Waals surface area contributed by atoms with Crippen molar-refractivity contribution >= 4 is 17.3 Å². The molecule has 0 radical (unpaired) electrons. The van der Waals surface area contributed by atoms with Crippen molar-refractivity contribution in [2.75, 3.05) is 6.61 Å². The minimum Gasteiger partial charge on any atom is -0.492 e. The van der Waals surface area contributed by atoms with Crippen molar-refractivity contribution in [3.8, 4) is 5.75 Å². The van der Waals surface area contributed by atoms with E-state index in [-0.39, 0.29) is 12.6 Å². The maximum atomic E-state index is 11.9. The van der Waals surface area contributed by atoms with Crippen LogP contribution in [-0.2, 0) is 11.3 Å². The summed E-state index contributed by atoms with van der Waals surface area (Å²) < 4.78 is 10.6. The van der Waals surface area contributed by atoms with Crippen molar-refractivity contribution in [3.63, 3.8) is 0 Å². The maximum absolute atomic E-state index is 11.9. The first-order valence-electron chi connectivity index (χ1n) is 5.72. The Hall–Kier alpha value is -1.81. The van der Waals surface area contributed by atoms with E-state index in [1.165, 1.54) is 11.3 Å². The molecule has 0 fully saturated rings. The number of hydrogen-bond acceptors (Lipinski definition) is 4. The van der Waals surface area contributed by atoms with E-state index in [4.69, 9.17) is 9.47 Å². The lowest BCUT2D eigenvalue weighted by molar-refractivity contribution is 0.0474. The summed E-state index contributed by atoms with van der Waals surface area (Å²) >= 11 is 1.33. The van der Waals surface area contributed by atoms with Gasteiger partial charge in [-0.3, -0.25) is 0 Å². The van der Waals surface area contributed by atoms with E-state index in [1.54, 1.807) is 6.07 Å². The normalized spacial score (nSPS) is 10.1. The molecule has 94 valence electrons. The van der Waals surface area contributed by atoms with Gasteiger partial charge in [-0.15, -0.1) is 11.3 Å². The zero-order chi connectivity index (χ0) is 12.8. The molecule has 0 saturated carbocycles. The Morgan fingerprint density at radius 1 is 1.22 bits per heavy atom. The fourth-order valence-electron chi connectivity index (χ4n) is 1.50. The topological polar surface area (TPSA) is 35.5 Å². The van der Waals surface area contributed by atoms with Crippen LogP contribution in [0.3, 0.4) is 0 Å². The Morgan fingerprint density at radius 3 is 2.72 bits per heavy atom. The Labute approximate surface area is 110 Å². The maximum Gasteiger partial charge on any atom is 0.352 e. The van der Waals surface area contributed by atoms with Gasteiger partial charge in [-0.1, -0.05) is 30.3 Å². The van der Waals surface area contributed by atoms with Crippen LogP contribution in [0.5, 0.6) is 5.75 Å². The molecule has 0 aliphatic heterocycles. The first kappa shape index (κ1) is 12.6. The fraction of sp³-hybridized carbons (Fsp3) is 0.214. The lowest BCUT2D eigenvalue weighted by Crippen LogP contribution is -2.05. The quantitative estimate of drug-likeness (QED) is 0.774. The molecule has 0 saturated heterocycles. The van der Waals surface area contributed by atoms with Crippen LogP contribution in [0.2, 0.25) is 0 Å². The molecule has 0 amide bonds. The summed E-state index contributed by atoms with van der Waals surface area (Å²) in [5.74, 6) is 0.262. The van der Waals surface area contributed by atoms with E-state index in [1.807, 2.05) is 42.6 Å². The Bertz CT molecular complexity index is 505. The van der Waals surface area contributed by atoms with E-state index < -0.39 is 0 Å². The minimum atomic E-state index is -0.336. The molecule has 1 aromatic carbocycles. The molecule has 1 aromatic heterocycles. The van der Waals surface area contributed by atoms with Gasteiger partial charge in [0, 0.05) is 0 Å². The molecule has 0 unspecified atom stereocenters. The number of ether oxygens (including phenoxy) is 2. The second kappa shape index (κ2) is 6.21. The predicted molar refractivity (Wildman–Crippen MR) is 71.0 cm³/mol. The molecule has 0 N–H and O–H groups in total. The molecule has 3 nitrogen and oxygen atoms in total. The van der Waals surface area contributed by atoms with E-state index in [0.717, 1.165) is 5.56 Å². The third-order valence-electron chi connectivity index (χ3n) is 2.33. The highest BCUT2D eigenvalue weighted by atomic mass is 32.1. The molecule has 0 spiro atoms. The van der Waals surface area contributed by atoms with Gasteiger partial charge in [-0.05, 0) is 23.9 Å². The number of rotatable bonds is 5. The van der Waals surface area contributed by atoms with Crippen molar-refractivity contribution in [3.05, 3.63) is 52.2 Å². The third-order valence-corrected chi connectivity index (χ3v) is 3.20. The molecule has 1 heterocycles. The highest BCUT2D eigenvalue weighted by Gasteiger charge is 2.15. The van der Waals surface area contributed by atoms with Crippen LogP contribution in [0.4, 0.5) is 0 Å². The second-order valence-corrected chi connectivity index (χ2v) is 4.52. The highest BCUT2D eigenvalue weighted by Crippen LogP contribution is 2.25. The van der Waals surface area contributed by atoms with Crippen molar-refractivity contribution in [2.45, 2.75) is 13.5 Å². The summed E-state index contributed by atoms with van der Waals surface area (Å²) in [4.78, 5) is 12.4. The zero-order valence-corrected chi connectivity index (χ0v) is 10.9. The van der Waals surface area contributed by atoms with Crippen LogP contribution >= 0.6 is 11.3 Å². The van der Waals surface area contributed by atoms with Crippen LogP contribution in [0, 0.1) is 0 Å². The van der Waals surface area contributed by atoms with E-state index in [0.29, 0.717) is 17.2 Å². The van der Waals surface area contributed by atoms with Gasteiger partial charge >= 0.3 is 5.97 Å². The number of carbonyl (C=O) groups is 1. The van der Waals surface area contributed by atoms with Gasteiger partial charge in [0.15, 0.2) is 4.88 Å². The van der Waals surface area contributed by atoms with E-state index >= 15 is 0 Å². The van der Waals surface area contributed by atoms with Crippen molar-refractivity contribution in [1.82, 2.24) is 0 Å². The Balaban J connectivity index is 1.97. The van der Waals surface area contributed by atoms with E-state index in [2.05, 4.69) is 0 Å². The third kappa shape index (κ3) is 3.11. The molecular weight excluding hydrogens is 248 g/mol. The van der Waals surface area contributed by atoms with Crippen LogP contribution in [-0.4, -0.2) is 12.6 Å². The van der Waals surface area contributed by atoms with Gasteiger partial charge in [0.1, 0.15) is 12.4 Å². The number of hydrogen-bond donors (Lipinski definition) is 0. The fourth-order valence-corrected chi connectivity index (χ4v) is 2.23. The molecule has 18 heavy (non-hydrogen) atoms. The average molecular weight is 262 g/mol. The Kier molecular flexibility index (Phi) is 4.36. The molecule has 0 aliphatic carbocycles. The SMILES string of the molecule is CCOc1ccsc1C(=O)OCc1ccccc1. The molecule has 0 atom stereocenters. The monoisotopic (exact) mass is 262 g/mol. The standard InChI is InChI=1S/C14H14O3S/c1-2-16-12-8-9-18-13(12)14(15)17-10-11-6-4-3-5-7-11/h3-9H,2,10H2,1H3. The van der Waals surface area contributed by atoms with Crippen LogP contribution in [0.25, 0.3) is 0 Å². The number of carbonyl (C=O) groups excluding carboxylic acids is 1. The molecule has 4 heteroatoms. The van der Waals surface area contributed by atoms with Gasteiger partial charge in [-0.25, -0.2) is 4.79 Å². The summed E-state index contributed by atoms with van der Waals surface area (Å²) in [7, 11) is 0. The lowest BCUT2D eigenvalue weighted by atomic mass is 10.2. The minimum absolute atomic E-state index is 0.281. The molecule has 0 aliphatic rings. The van der Waals surface area contributed by atoms with Gasteiger partial charge in [0.05, 0.1) is 6.61 Å². The summed E-state index contributed by atoms with van der Waals surface area (Å²) in [6, 6.07) is 11.4. The van der Waals surface area contributed by atoms with Gasteiger partial charge in [0.2, 0.25) is 0 Å². The molecule has 2 rings (SSSR count). The van der Waals surface area contributed by atoms with E-state index in [9.17, 15) is 4.79 Å². The van der Waals surface area contributed by atoms with Crippen LogP contribution in [0.15, 0.2) is 41.8 Å². The average Bonchev–Trinajstić information content (AvgIpc) is 2.86. The van der Waals surface area contributed by atoms with Crippen LogP contribution < -0.4 is 4.74 Å². The summed E-state index contributed by atoms with van der Waals surface area (Å²) in [6.07, 6.45) is 0. The molecule has 2 aromatic rings. The number of thiophene rings is 1. The van der Waals surface area contributed by atoms with Gasteiger partial charge in [0.25, 0.3) is 0 Å². The number of esters is 1. The van der Waals surface area contributed by atoms with Crippen molar-refractivity contribution < 1.29 is 14.3 Å². The van der Waals surface area contributed by atoms with Gasteiger partial charge in [-0.2, -0.15) is 0 Å². The largest absolute Gasteiger partial charge is 0.492 e. The van der Waals surface area contributed by atoms with Crippen molar-refractivity contribution in [2.24, 2.45) is 0 Å². The number of benzene rings is 1. The Morgan fingerprint density at radius 2 is 2.00 bits per heavy atom. The smallest absolute Gasteiger partial charge is 0.352 e. The predicted octanol–water partition coefficient (Wildman–Crippen LogP) is 3.50. The second-order valence-electron chi connectivity index (χ2n) is 3.61. The van der Waals surface area contributed by atoms with Gasteiger partial charge < -0.3 is 9.47 Å². The zero-order valence-electron chi connectivity index (χ0n) is 10.1. The van der Waals surface area contributed by atoms with Crippen LogP contribution in [0.1, 0.15) is 22.2 Å². The summed E-state index contributed by atoms with van der Waals surface area (Å²) in [5, 5.41) is 1.82. The molecular formula is C14H14O3S. The first-order valence-corrected chi connectivity index (χ1v) is 6.60. The lowest BCUT2D eigenvalue weighted by Gasteiger charge is -2.06. The first-order chi connectivity index (χ1) is 8.81. The summed E-state index contributed by atoms with van der Waals surface area (Å²) in [5.41, 5.74) is 0.973.